The largest absolute Gasteiger partial charge is 0.321 e. The summed E-state index contributed by atoms with van der Waals surface area (Å²) in [7, 11) is 0. The molecule has 0 saturated heterocycles. The van der Waals surface area contributed by atoms with Gasteiger partial charge >= 0.3 is 0 Å². The van der Waals surface area contributed by atoms with Crippen molar-refractivity contribution in [1.82, 2.24) is 4.98 Å². The van der Waals surface area contributed by atoms with Gasteiger partial charge in [0.05, 0.1) is 16.8 Å². The van der Waals surface area contributed by atoms with Crippen LogP contribution < -0.4 is 5.32 Å². The van der Waals surface area contributed by atoms with E-state index < -0.39 is 0 Å². The van der Waals surface area contributed by atoms with Crippen LogP contribution in [0.4, 0.5) is 5.69 Å². The summed E-state index contributed by atoms with van der Waals surface area (Å²) in [6.45, 7) is 2.03. The second-order valence-electron chi connectivity index (χ2n) is 6.22. The predicted molar refractivity (Wildman–Crippen MR) is 101 cm³/mol. The highest BCUT2D eigenvalue weighted by molar-refractivity contribution is 9.10. The van der Waals surface area contributed by atoms with Gasteiger partial charge in [-0.1, -0.05) is 24.3 Å². The maximum absolute atomic E-state index is 13.1. The number of rotatable bonds is 2. The highest BCUT2D eigenvalue weighted by atomic mass is 79.9. The zero-order valence-electron chi connectivity index (χ0n) is 13.4. The molecule has 1 aliphatic carbocycles. The minimum Gasteiger partial charge on any atom is -0.321 e. The fourth-order valence-electron chi connectivity index (χ4n) is 3.38. The lowest BCUT2D eigenvalue weighted by molar-refractivity contribution is 0.102. The summed E-state index contributed by atoms with van der Waals surface area (Å²) in [6.07, 6.45) is 2.94. The van der Waals surface area contributed by atoms with E-state index >= 15 is 0 Å². The van der Waals surface area contributed by atoms with Crippen LogP contribution in [-0.4, -0.2) is 10.9 Å². The van der Waals surface area contributed by atoms with Gasteiger partial charge in [-0.15, -0.1) is 0 Å². The van der Waals surface area contributed by atoms with E-state index in [9.17, 15) is 4.79 Å². The van der Waals surface area contributed by atoms with Gasteiger partial charge in [0.1, 0.15) is 0 Å². The molecule has 3 nitrogen and oxygen atoms in total. The van der Waals surface area contributed by atoms with Crippen LogP contribution in [0.3, 0.4) is 0 Å². The highest BCUT2D eigenvalue weighted by Gasteiger charge is 2.24. The lowest BCUT2D eigenvalue weighted by Gasteiger charge is -2.13. The Kier molecular flexibility index (Phi) is 3.85. The first-order valence-corrected chi connectivity index (χ1v) is 8.91. The summed E-state index contributed by atoms with van der Waals surface area (Å²) < 4.78 is 0.894. The van der Waals surface area contributed by atoms with Gasteiger partial charge in [0, 0.05) is 15.6 Å². The van der Waals surface area contributed by atoms with E-state index in [1.54, 1.807) is 0 Å². The number of nitrogens with one attached hydrogen (secondary N) is 1. The summed E-state index contributed by atoms with van der Waals surface area (Å²) >= 11 is 3.53. The lowest BCUT2D eigenvalue weighted by atomic mass is 10.0. The van der Waals surface area contributed by atoms with Crippen molar-refractivity contribution < 1.29 is 4.79 Å². The summed E-state index contributed by atoms with van der Waals surface area (Å²) in [5.74, 6) is -0.0590. The summed E-state index contributed by atoms with van der Waals surface area (Å²) in [6, 6.07) is 13.8. The molecule has 1 aliphatic rings. The Balaban J connectivity index is 1.82. The monoisotopic (exact) mass is 380 g/mol. The molecule has 1 amide bonds. The first-order valence-electron chi connectivity index (χ1n) is 8.11. The van der Waals surface area contributed by atoms with Crippen molar-refractivity contribution in [3.8, 4) is 0 Å². The van der Waals surface area contributed by atoms with Crippen molar-refractivity contribution in [3.05, 3.63) is 69.3 Å². The minimum absolute atomic E-state index is 0.0590. The second kappa shape index (κ2) is 6.02. The molecule has 2 aromatic carbocycles. The fraction of sp³-hybridized carbons (Fsp3) is 0.200. The molecule has 24 heavy (non-hydrogen) atoms. The number of halogens is 1. The average molecular weight is 381 g/mol. The molecule has 4 rings (SSSR count). The van der Waals surface area contributed by atoms with Crippen LogP contribution in [0, 0.1) is 6.92 Å². The van der Waals surface area contributed by atoms with Crippen LogP contribution in [0.1, 0.15) is 33.6 Å². The van der Waals surface area contributed by atoms with Crippen molar-refractivity contribution in [1.29, 1.82) is 0 Å². The number of carbonyl (C=O) groups excluding carboxylic acids is 1. The summed E-state index contributed by atoms with van der Waals surface area (Å²) in [5.41, 5.74) is 5.79. The molecule has 1 heterocycles. The molecule has 0 saturated carbocycles. The molecule has 0 atom stereocenters. The lowest BCUT2D eigenvalue weighted by Crippen LogP contribution is -2.16. The van der Waals surface area contributed by atoms with E-state index in [0.29, 0.717) is 0 Å². The molecule has 0 aliphatic heterocycles. The number of pyridine rings is 1. The molecule has 0 bridgehead atoms. The fourth-order valence-corrected chi connectivity index (χ4v) is 3.97. The standard InChI is InChI=1S/C20H17BrN2O/c1-12-9-10-18(15(21)11-12)23-20(24)19-13-5-2-3-7-16(13)22-17-8-4-6-14(17)19/h2-3,5,7,9-11H,4,6,8H2,1H3,(H,23,24). The van der Waals surface area contributed by atoms with Gasteiger partial charge in [0.15, 0.2) is 0 Å². The molecule has 120 valence electrons. The van der Waals surface area contributed by atoms with Gasteiger partial charge in [-0.3, -0.25) is 9.78 Å². The Hall–Kier alpha value is -2.20. The smallest absolute Gasteiger partial charge is 0.256 e. The third-order valence-electron chi connectivity index (χ3n) is 4.52. The zero-order valence-corrected chi connectivity index (χ0v) is 15.0. The van der Waals surface area contributed by atoms with Gasteiger partial charge in [-0.05, 0) is 71.4 Å². The zero-order chi connectivity index (χ0) is 16.7. The topological polar surface area (TPSA) is 42.0 Å². The van der Waals surface area contributed by atoms with Gasteiger partial charge in [0.2, 0.25) is 0 Å². The van der Waals surface area contributed by atoms with E-state index in [4.69, 9.17) is 4.98 Å². The number of anilines is 1. The molecular formula is C20H17BrN2O. The third kappa shape index (κ3) is 2.61. The number of benzene rings is 2. The third-order valence-corrected chi connectivity index (χ3v) is 5.18. The van der Waals surface area contributed by atoms with E-state index in [1.165, 1.54) is 0 Å². The summed E-state index contributed by atoms with van der Waals surface area (Å²) in [5, 5.41) is 3.99. The Labute approximate surface area is 149 Å². The van der Waals surface area contributed by atoms with Crippen LogP contribution >= 0.6 is 15.9 Å². The molecule has 1 N–H and O–H groups in total. The molecular weight excluding hydrogens is 364 g/mol. The Morgan fingerprint density at radius 2 is 2.00 bits per heavy atom. The molecule has 3 aromatic rings. The van der Waals surface area contributed by atoms with Crippen molar-refractivity contribution in [2.24, 2.45) is 0 Å². The molecule has 0 spiro atoms. The van der Waals surface area contributed by atoms with E-state index in [0.717, 1.165) is 62.7 Å². The van der Waals surface area contributed by atoms with E-state index in [2.05, 4.69) is 21.2 Å². The highest BCUT2D eigenvalue weighted by Crippen LogP contribution is 2.31. The number of hydrogen-bond acceptors (Lipinski definition) is 2. The van der Waals surface area contributed by atoms with Crippen LogP contribution in [0.25, 0.3) is 10.9 Å². The normalized spacial score (nSPS) is 13.1. The molecule has 0 radical (unpaired) electrons. The number of amides is 1. The van der Waals surface area contributed by atoms with Crippen LogP contribution in [0.15, 0.2) is 46.9 Å². The number of aryl methyl sites for hydroxylation is 2. The van der Waals surface area contributed by atoms with Crippen LogP contribution in [0.2, 0.25) is 0 Å². The Morgan fingerprint density at radius 1 is 1.17 bits per heavy atom. The van der Waals surface area contributed by atoms with Crippen molar-refractivity contribution in [3.63, 3.8) is 0 Å². The second-order valence-corrected chi connectivity index (χ2v) is 7.07. The first-order chi connectivity index (χ1) is 11.6. The molecule has 1 aromatic heterocycles. The SMILES string of the molecule is Cc1ccc(NC(=O)c2c3c(nc4ccccc24)CCC3)c(Br)c1. The number of hydrogen-bond donors (Lipinski definition) is 1. The van der Waals surface area contributed by atoms with Crippen molar-refractivity contribution in [2.45, 2.75) is 26.2 Å². The first kappa shape index (κ1) is 15.3. The maximum atomic E-state index is 13.1. The predicted octanol–water partition coefficient (Wildman–Crippen LogP) is 5.05. The number of para-hydroxylation sites is 1. The van der Waals surface area contributed by atoms with Crippen LogP contribution in [-0.2, 0) is 12.8 Å². The van der Waals surface area contributed by atoms with Gasteiger partial charge in [0.25, 0.3) is 5.91 Å². The van der Waals surface area contributed by atoms with Gasteiger partial charge < -0.3 is 5.32 Å². The Morgan fingerprint density at radius 3 is 2.83 bits per heavy atom. The van der Waals surface area contributed by atoms with E-state index in [1.807, 2.05) is 49.4 Å². The minimum atomic E-state index is -0.0590. The van der Waals surface area contributed by atoms with Crippen molar-refractivity contribution >= 4 is 38.4 Å². The van der Waals surface area contributed by atoms with Crippen molar-refractivity contribution in [2.75, 3.05) is 5.32 Å². The van der Waals surface area contributed by atoms with Gasteiger partial charge in [-0.2, -0.15) is 0 Å². The molecule has 4 heteroatoms. The molecule has 0 unspecified atom stereocenters. The molecule has 0 fully saturated rings. The Bertz CT molecular complexity index is 965. The summed E-state index contributed by atoms with van der Waals surface area (Å²) in [4.78, 5) is 17.8. The average Bonchev–Trinajstić information content (AvgIpc) is 3.02. The quantitative estimate of drug-likeness (QED) is 0.675. The van der Waals surface area contributed by atoms with E-state index in [-0.39, 0.29) is 5.91 Å². The number of fused-ring (bicyclic) bond motifs is 2. The van der Waals surface area contributed by atoms with Gasteiger partial charge in [-0.25, -0.2) is 0 Å². The number of carbonyl (C=O) groups is 1. The number of nitrogens with zero attached hydrogens (tertiary/aromatic N) is 1. The maximum Gasteiger partial charge on any atom is 0.256 e. The number of aromatic nitrogens is 1. The van der Waals surface area contributed by atoms with Crippen LogP contribution in [0.5, 0.6) is 0 Å².